The Hall–Kier alpha value is -4.22. The number of hydrogen-bond acceptors (Lipinski definition) is 9. The smallest absolute Gasteiger partial charge is 0.227 e. The van der Waals surface area contributed by atoms with Crippen LogP contribution < -0.4 is 15.4 Å². The Labute approximate surface area is 236 Å². The van der Waals surface area contributed by atoms with Crippen LogP contribution in [0, 0.1) is 6.92 Å². The number of nitrogens with two attached hydrogens (primary N) is 1. The van der Waals surface area contributed by atoms with Crippen molar-refractivity contribution in [2.45, 2.75) is 39.7 Å². The summed E-state index contributed by atoms with van der Waals surface area (Å²) < 4.78 is 6.05. The van der Waals surface area contributed by atoms with Crippen molar-refractivity contribution in [2.24, 2.45) is 0 Å². The lowest BCUT2D eigenvalue weighted by Gasteiger charge is -2.22. The molecule has 0 aliphatic carbocycles. The monoisotopic (exact) mass is 561 g/mol. The van der Waals surface area contributed by atoms with E-state index in [4.69, 9.17) is 10.5 Å². The topological polar surface area (TPSA) is 139 Å². The number of hydrogen-bond donors (Lipinski definition) is 2. The molecule has 10 nitrogen and oxygen atoms in total. The number of ether oxygens (including phenoxy) is 1. The van der Waals surface area contributed by atoms with Crippen LogP contribution in [0.15, 0.2) is 65.3 Å². The van der Waals surface area contributed by atoms with Gasteiger partial charge in [-0.3, -0.25) is 14.4 Å². The van der Waals surface area contributed by atoms with Gasteiger partial charge in [-0.05, 0) is 68.4 Å². The molecule has 2 heterocycles. The molecule has 40 heavy (non-hydrogen) atoms. The number of amides is 2. The number of carbonyl (C=O) groups excluding carboxylic acids is 3. The molecule has 3 aromatic rings. The predicted molar refractivity (Wildman–Crippen MR) is 154 cm³/mol. The van der Waals surface area contributed by atoms with Gasteiger partial charge in [0, 0.05) is 54.0 Å². The summed E-state index contributed by atoms with van der Waals surface area (Å²) in [7, 11) is 0. The largest absolute Gasteiger partial charge is 0.457 e. The van der Waals surface area contributed by atoms with Crippen LogP contribution in [0.25, 0.3) is 0 Å². The van der Waals surface area contributed by atoms with Gasteiger partial charge in [-0.2, -0.15) is 0 Å². The third-order valence-electron chi connectivity index (χ3n) is 6.43. The number of aliphatic hydroxyl groups is 1. The molecular formula is C29H31N5O5S. The molecule has 0 radical (unpaired) electrons. The summed E-state index contributed by atoms with van der Waals surface area (Å²) in [4.78, 5) is 49.4. The van der Waals surface area contributed by atoms with Gasteiger partial charge in [0.25, 0.3) is 0 Å². The first-order valence-corrected chi connectivity index (χ1v) is 13.6. The fourth-order valence-electron chi connectivity index (χ4n) is 4.25. The van der Waals surface area contributed by atoms with Gasteiger partial charge in [-0.1, -0.05) is 12.1 Å². The van der Waals surface area contributed by atoms with Gasteiger partial charge in [-0.25, -0.2) is 9.97 Å². The van der Waals surface area contributed by atoms with Gasteiger partial charge >= 0.3 is 0 Å². The number of thioether (sulfide) groups is 1. The van der Waals surface area contributed by atoms with Crippen LogP contribution >= 0.6 is 11.8 Å². The summed E-state index contributed by atoms with van der Waals surface area (Å²) in [5.41, 5.74) is 8.22. The second-order valence-electron chi connectivity index (χ2n) is 9.17. The van der Waals surface area contributed by atoms with Gasteiger partial charge in [0.15, 0.2) is 0 Å². The van der Waals surface area contributed by atoms with Crippen molar-refractivity contribution in [2.75, 3.05) is 23.8 Å². The first kappa shape index (κ1) is 28.8. The van der Waals surface area contributed by atoms with E-state index in [1.165, 1.54) is 4.90 Å². The predicted octanol–water partition coefficient (Wildman–Crippen LogP) is 4.43. The van der Waals surface area contributed by atoms with Gasteiger partial charge < -0.3 is 25.4 Å². The Morgan fingerprint density at radius 3 is 2.62 bits per heavy atom. The van der Waals surface area contributed by atoms with Gasteiger partial charge in [-0.15, -0.1) is 0 Å². The van der Waals surface area contributed by atoms with Gasteiger partial charge in [0.1, 0.15) is 23.1 Å². The van der Waals surface area contributed by atoms with Gasteiger partial charge in [0.2, 0.25) is 17.4 Å². The normalized spacial score (nSPS) is 13.7. The number of nitrogens with zero attached hydrogens (tertiary/aromatic N) is 4. The summed E-state index contributed by atoms with van der Waals surface area (Å²) in [6, 6.07) is 14.0. The summed E-state index contributed by atoms with van der Waals surface area (Å²) in [6.45, 7) is 4.03. The average Bonchev–Trinajstić information content (AvgIpc) is 3.38. The van der Waals surface area contributed by atoms with E-state index in [2.05, 4.69) is 9.97 Å². The van der Waals surface area contributed by atoms with E-state index in [9.17, 15) is 19.5 Å². The molecule has 1 fully saturated rings. The Morgan fingerprint density at radius 1 is 1.23 bits per heavy atom. The summed E-state index contributed by atoms with van der Waals surface area (Å²) in [5, 5.41) is 9.40. The number of para-hydroxylation sites is 1. The summed E-state index contributed by atoms with van der Waals surface area (Å²) in [6.07, 6.45) is 3.78. The highest BCUT2D eigenvalue weighted by atomic mass is 32.2. The van der Waals surface area contributed by atoms with E-state index in [-0.39, 0.29) is 36.4 Å². The van der Waals surface area contributed by atoms with E-state index in [0.717, 1.165) is 23.9 Å². The number of carbonyl (C=O) groups is 3. The second-order valence-corrected chi connectivity index (χ2v) is 10.2. The molecule has 4 rings (SSSR count). The molecule has 0 saturated carbocycles. The second kappa shape index (κ2) is 13.2. The zero-order valence-corrected chi connectivity index (χ0v) is 23.2. The molecule has 3 N–H and O–H groups in total. The minimum Gasteiger partial charge on any atom is -0.457 e. The van der Waals surface area contributed by atoms with Crippen molar-refractivity contribution >= 4 is 40.7 Å². The molecule has 0 atom stereocenters. The highest BCUT2D eigenvalue weighted by molar-refractivity contribution is 8.17. The van der Waals surface area contributed by atoms with Crippen LogP contribution in [0.5, 0.6) is 11.5 Å². The van der Waals surface area contributed by atoms with E-state index < -0.39 is 0 Å². The number of nitrogen functional groups attached to an aromatic ring is 1. The van der Waals surface area contributed by atoms with E-state index in [1.807, 2.05) is 12.1 Å². The number of aryl methyl sites for hydroxylation is 1. The minimum atomic E-state index is -0.304. The SMILES string of the molecule is C/C(=C(\CCO)SC(=O)c1ccccc1Oc1ccc(N2CCCC2=O)cc1)N(C=O)Cc1cnc(C)nc1N. The van der Waals surface area contributed by atoms with Crippen molar-refractivity contribution in [1.82, 2.24) is 14.9 Å². The Bertz CT molecular complexity index is 1430. The first-order chi connectivity index (χ1) is 19.3. The zero-order chi connectivity index (χ0) is 28.6. The third kappa shape index (κ3) is 6.85. The summed E-state index contributed by atoms with van der Waals surface area (Å²) >= 11 is 0.929. The van der Waals surface area contributed by atoms with E-state index in [1.54, 1.807) is 61.3 Å². The van der Waals surface area contributed by atoms with Crippen LogP contribution in [0.1, 0.15) is 47.9 Å². The number of aliphatic hydroxyl groups excluding tert-OH is 1. The van der Waals surface area contributed by atoms with Crippen molar-refractivity contribution in [3.63, 3.8) is 0 Å². The highest BCUT2D eigenvalue weighted by Crippen LogP contribution is 2.34. The van der Waals surface area contributed by atoms with Crippen LogP contribution in [0.2, 0.25) is 0 Å². The molecule has 11 heteroatoms. The number of rotatable bonds is 11. The van der Waals surface area contributed by atoms with Crippen molar-refractivity contribution in [3.05, 3.63) is 82.3 Å². The molecule has 0 spiro atoms. The van der Waals surface area contributed by atoms with Crippen molar-refractivity contribution in [1.29, 1.82) is 0 Å². The van der Waals surface area contributed by atoms with Crippen LogP contribution in [-0.4, -0.2) is 50.6 Å². The van der Waals surface area contributed by atoms with Crippen molar-refractivity contribution < 1.29 is 24.2 Å². The molecule has 1 aliphatic rings. The molecule has 208 valence electrons. The average molecular weight is 562 g/mol. The van der Waals surface area contributed by atoms with Crippen molar-refractivity contribution in [3.8, 4) is 11.5 Å². The fraction of sp³-hybridized carbons (Fsp3) is 0.276. The molecule has 2 amide bonds. The Balaban J connectivity index is 1.53. The number of anilines is 2. The van der Waals surface area contributed by atoms with Crippen LogP contribution in [0.3, 0.4) is 0 Å². The number of aromatic nitrogens is 2. The quantitative estimate of drug-likeness (QED) is 0.325. The fourth-order valence-corrected chi connectivity index (χ4v) is 5.21. The maximum absolute atomic E-state index is 13.4. The number of benzene rings is 2. The Morgan fingerprint density at radius 2 is 1.98 bits per heavy atom. The molecule has 1 aromatic heterocycles. The lowest BCUT2D eigenvalue weighted by atomic mass is 10.2. The molecule has 0 bridgehead atoms. The maximum Gasteiger partial charge on any atom is 0.227 e. The summed E-state index contributed by atoms with van der Waals surface area (Å²) in [5.74, 6) is 1.78. The molecule has 1 saturated heterocycles. The first-order valence-electron chi connectivity index (χ1n) is 12.8. The maximum atomic E-state index is 13.4. The third-order valence-corrected chi connectivity index (χ3v) is 7.58. The molecule has 2 aromatic carbocycles. The standard InChI is InChI=1S/C29H31N5O5S/c1-19(33(18-36)17-21-16-31-20(2)32-28(21)30)26(13-15-35)40-29(38)24-6-3-4-7-25(24)39-23-11-9-22(10-12-23)34-14-5-8-27(34)37/h3-4,6-7,9-12,16,18,35H,5,8,13-15,17H2,1-2H3,(H2,30,31,32)/b26-19-. The minimum absolute atomic E-state index is 0.104. The van der Waals surface area contributed by atoms with Gasteiger partial charge in [0.05, 0.1) is 12.1 Å². The lowest BCUT2D eigenvalue weighted by molar-refractivity contribution is -0.117. The molecular weight excluding hydrogens is 530 g/mol. The molecule has 1 aliphatic heterocycles. The Kier molecular flexibility index (Phi) is 9.52. The van der Waals surface area contributed by atoms with E-state index in [0.29, 0.717) is 58.4 Å². The lowest BCUT2D eigenvalue weighted by Crippen LogP contribution is -2.23. The van der Waals surface area contributed by atoms with Crippen LogP contribution in [-0.2, 0) is 16.1 Å². The molecule has 0 unspecified atom stereocenters. The highest BCUT2D eigenvalue weighted by Gasteiger charge is 2.22. The zero-order valence-electron chi connectivity index (χ0n) is 22.4. The van der Waals surface area contributed by atoms with Crippen LogP contribution in [0.4, 0.5) is 11.5 Å². The van der Waals surface area contributed by atoms with E-state index >= 15 is 0 Å². The number of allylic oxidation sites excluding steroid dienone is 1.